The van der Waals surface area contributed by atoms with Crippen LogP contribution in [0.25, 0.3) is 10.9 Å². The Kier molecular flexibility index (Phi) is 3.12. The van der Waals surface area contributed by atoms with Crippen molar-refractivity contribution in [1.82, 2.24) is 10.3 Å². The molecule has 0 unspecified atom stereocenters. The van der Waals surface area contributed by atoms with E-state index < -0.39 is 0 Å². The van der Waals surface area contributed by atoms with Crippen LogP contribution >= 0.6 is 15.9 Å². The van der Waals surface area contributed by atoms with E-state index in [2.05, 4.69) is 44.4 Å². The number of hydrogen-bond acceptors (Lipinski definition) is 2. The molecule has 0 aliphatic heterocycles. The number of rotatable bonds is 3. The number of benzene rings is 1. The predicted molar refractivity (Wildman–Crippen MR) is 73.9 cm³/mol. The first kappa shape index (κ1) is 11.2. The molecule has 1 heterocycles. The minimum Gasteiger partial charge on any atom is -0.310 e. The zero-order valence-corrected chi connectivity index (χ0v) is 11.2. The van der Waals surface area contributed by atoms with Crippen molar-refractivity contribution in [2.75, 3.05) is 0 Å². The highest BCUT2D eigenvalue weighted by Gasteiger charge is 2.16. The van der Waals surface area contributed by atoms with E-state index in [4.69, 9.17) is 0 Å². The Bertz CT molecular complexity index is 535. The number of halogens is 1. The van der Waals surface area contributed by atoms with Crippen LogP contribution in [0.1, 0.15) is 24.8 Å². The van der Waals surface area contributed by atoms with Gasteiger partial charge in [0.15, 0.2) is 0 Å². The second-order valence-electron chi connectivity index (χ2n) is 4.61. The first-order valence-corrected chi connectivity index (χ1v) is 6.89. The van der Waals surface area contributed by atoms with Gasteiger partial charge in [0.05, 0.1) is 5.52 Å². The molecule has 1 aliphatic rings. The molecule has 1 saturated carbocycles. The summed E-state index contributed by atoms with van der Waals surface area (Å²) in [7, 11) is 0. The fourth-order valence-corrected chi connectivity index (χ4v) is 2.66. The average molecular weight is 291 g/mol. The molecule has 17 heavy (non-hydrogen) atoms. The van der Waals surface area contributed by atoms with E-state index in [-0.39, 0.29) is 0 Å². The maximum absolute atomic E-state index is 4.49. The first-order chi connectivity index (χ1) is 8.34. The highest BCUT2D eigenvalue weighted by Crippen LogP contribution is 2.26. The number of nitrogens with one attached hydrogen (secondary N) is 1. The lowest BCUT2D eigenvalue weighted by Gasteiger charge is -2.26. The van der Waals surface area contributed by atoms with Gasteiger partial charge in [-0.2, -0.15) is 0 Å². The number of fused-ring (bicyclic) bond motifs is 1. The fourth-order valence-electron chi connectivity index (χ4n) is 2.21. The molecule has 0 spiro atoms. The fraction of sp³-hybridized carbons (Fsp3) is 0.357. The molecule has 3 heteroatoms. The van der Waals surface area contributed by atoms with Gasteiger partial charge in [0.1, 0.15) is 0 Å². The van der Waals surface area contributed by atoms with Gasteiger partial charge in [0.25, 0.3) is 0 Å². The van der Waals surface area contributed by atoms with Crippen LogP contribution < -0.4 is 5.32 Å². The molecule has 1 fully saturated rings. The van der Waals surface area contributed by atoms with Crippen LogP contribution in [0, 0.1) is 0 Å². The summed E-state index contributed by atoms with van der Waals surface area (Å²) in [6.07, 6.45) is 5.88. The van der Waals surface area contributed by atoms with Crippen molar-refractivity contribution in [2.45, 2.75) is 31.8 Å². The topological polar surface area (TPSA) is 24.9 Å². The van der Waals surface area contributed by atoms with Gasteiger partial charge in [-0.25, -0.2) is 0 Å². The lowest BCUT2D eigenvalue weighted by Crippen LogP contribution is -2.34. The van der Waals surface area contributed by atoms with Gasteiger partial charge in [-0.3, -0.25) is 4.98 Å². The van der Waals surface area contributed by atoms with Crippen LogP contribution in [0.5, 0.6) is 0 Å². The Labute approximate surface area is 110 Å². The molecule has 0 bridgehead atoms. The zero-order valence-electron chi connectivity index (χ0n) is 9.62. The third-order valence-electron chi connectivity index (χ3n) is 3.49. The number of nitrogens with zero attached hydrogens (tertiary/aromatic N) is 1. The third-order valence-corrected chi connectivity index (χ3v) is 4.18. The molecule has 1 aromatic carbocycles. The Morgan fingerprint density at radius 3 is 2.94 bits per heavy atom. The van der Waals surface area contributed by atoms with Gasteiger partial charge in [-0.15, -0.1) is 0 Å². The zero-order chi connectivity index (χ0) is 11.7. The molecular formula is C14H15BrN2. The van der Waals surface area contributed by atoms with E-state index >= 15 is 0 Å². The summed E-state index contributed by atoms with van der Waals surface area (Å²) in [4.78, 5) is 4.49. The molecule has 3 rings (SSSR count). The van der Waals surface area contributed by atoms with Crippen LogP contribution in [0.15, 0.2) is 34.9 Å². The van der Waals surface area contributed by atoms with Crippen molar-refractivity contribution < 1.29 is 0 Å². The Morgan fingerprint density at radius 2 is 2.18 bits per heavy atom. The molecule has 0 radical (unpaired) electrons. The minimum absolute atomic E-state index is 0.720. The van der Waals surface area contributed by atoms with Gasteiger partial charge in [0.2, 0.25) is 0 Å². The average Bonchev–Trinajstić information content (AvgIpc) is 2.30. The van der Waals surface area contributed by atoms with Crippen molar-refractivity contribution in [3.8, 4) is 0 Å². The summed E-state index contributed by atoms with van der Waals surface area (Å²) in [6, 6.07) is 9.08. The minimum atomic E-state index is 0.720. The number of pyridine rings is 1. The maximum atomic E-state index is 4.49. The van der Waals surface area contributed by atoms with Crippen molar-refractivity contribution in [1.29, 1.82) is 0 Å². The molecule has 1 aromatic heterocycles. The lowest BCUT2D eigenvalue weighted by atomic mass is 9.93. The molecule has 2 nitrogen and oxygen atoms in total. The van der Waals surface area contributed by atoms with Gasteiger partial charge in [0, 0.05) is 28.6 Å². The quantitative estimate of drug-likeness (QED) is 0.934. The molecule has 0 amide bonds. The highest BCUT2D eigenvalue weighted by atomic mass is 79.9. The van der Waals surface area contributed by atoms with Crippen LogP contribution in [-0.4, -0.2) is 11.0 Å². The van der Waals surface area contributed by atoms with E-state index in [0.717, 1.165) is 22.6 Å². The van der Waals surface area contributed by atoms with Gasteiger partial charge >= 0.3 is 0 Å². The van der Waals surface area contributed by atoms with Gasteiger partial charge < -0.3 is 5.32 Å². The Hall–Kier alpha value is -0.930. The van der Waals surface area contributed by atoms with Gasteiger partial charge in [-0.1, -0.05) is 34.5 Å². The lowest BCUT2D eigenvalue weighted by molar-refractivity contribution is 0.338. The summed E-state index contributed by atoms with van der Waals surface area (Å²) in [5.41, 5.74) is 2.39. The Balaban J connectivity index is 1.90. The second-order valence-corrected chi connectivity index (χ2v) is 5.47. The summed E-state index contributed by atoms with van der Waals surface area (Å²) in [6.45, 7) is 0.922. The van der Waals surface area contributed by atoms with Crippen LogP contribution in [0.2, 0.25) is 0 Å². The van der Waals surface area contributed by atoms with Crippen LogP contribution in [-0.2, 0) is 6.54 Å². The number of aromatic nitrogens is 1. The van der Waals surface area contributed by atoms with Crippen LogP contribution in [0.4, 0.5) is 0 Å². The number of hydrogen-bond donors (Lipinski definition) is 1. The summed E-state index contributed by atoms with van der Waals surface area (Å²) >= 11 is 3.58. The molecule has 88 valence electrons. The smallest absolute Gasteiger partial charge is 0.0758 e. The first-order valence-electron chi connectivity index (χ1n) is 6.10. The van der Waals surface area contributed by atoms with Crippen molar-refractivity contribution in [3.63, 3.8) is 0 Å². The molecule has 1 N–H and O–H groups in total. The van der Waals surface area contributed by atoms with Gasteiger partial charge in [-0.05, 0) is 30.5 Å². The van der Waals surface area contributed by atoms with Crippen molar-refractivity contribution >= 4 is 26.8 Å². The summed E-state index contributed by atoms with van der Waals surface area (Å²) in [5, 5.41) is 4.79. The van der Waals surface area contributed by atoms with E-state index in [0.29, 0.717) is 0 Å². The largest absolute Gasteiger partial charge is 0.310 e. The standard InChI is InChI=1S/C14H15BrN2/c15-13-7-6-10(9-17-11-3-1-4-11)14-12(13)5-2-8-16-14/h2,5-8,11,17H,1,3-4,9H2. The SMILES string of the molecule is Brc1ccc(CNC2CCC2)c2ncccc12. The molecular weight excluding hydrogens is 276 g/mol. The summed E-state index contributed by atoms with van der Waals surface area (Å²) < 4.78 is 1.12. The monoisotopic (exact) mass is 290 g/mol. The van der Waals surface area contributed by atoms with E-state index in [9.17, 15) is 0 Å². The molecule has 0 atom stereocenters. The summed E-state index contributed by atoms with van der Waals surface area (Å²) in [5.74, 6) is 0. The third kappa shape index (κ3) is 2.22. The molecule has 0 saturated heterocycles. The van der Waals surface area contributed by atoms with E-state index in [1.54, 1.807) is 0 Å². The highest BCUT2D eigenvalue weighted by molar-refractivity contribution is 9.10. The predicted octanol–water partition coefficient (Wildman–Crippen LogP) is 3.64. The van der Waals surface area contributed by atoms with E-state index in [1.165, 1.54) is 30.2 Å². The molecule has 2 aromatic rings. The van der Waals surface area contributed by atoms with Crippen molar-refractivity contribution in [2.24, 2.45) is 0 Å². The normalized spacial score (nSPS) is 16.1. The van der Waals surface area contributed by atoms with E-state index in [1.807, 2.05) is 12.3 Å². The maximum Gasteiger partial charge on any atom is 0.0758 e. The van der Waals surface area contributed by atoms with Crippen LogP contribution in [0.3, 0.4) is 0 Å². The van der Waals surface area contributed by atoms with Crippen molar-refractivity contribution in [3.05, 3.63) is 40.5 Å². The Morgan fingerprint density at radius 1 is 1.29 bits per heavy atom. The second kappa shape index (κ2) is 4.75. The molecule has 1 aliphatic carbocycles.